The van der Waals surface area contributed by atoms with E-state index in [-0.39, 0.29) is 25.3 Å². The number of carbonyl (C=O) groups excluding carboxylic acids is 2. The van der Waals surface area contributed by atoms with Gasteiger partial charge in [-0.1, -0.05) is 0 Å². The Kier molecular flexibility index (Phi) is 6.78. The van der Waals surface area contributed by atoms with Crippen LogP contribution in [0.5, 0.6) is 5.75 Å². The van der Waals surface area contributed by atoms with Crippen molar-refractivity contribution in [3.8, 4) is 5.75 Å². The Morgan fingerprint density at radius 2 is 2.11 bits per heavy atom. The second-order valence-electron chi connectivity index (χ2n) is 5.95. The molecule has 0 unspecified atom stereocenters. The maximum absolute atomic E-state index is 12.5. The van der Waals surface area contributed by atoms with E-state index in [0.29, 0.717) is 29.6 Å². The molecule has 0 saturated heterocycles. The third-order valence-corrected chi connectivity index (χ3v) is 3.91. The minimum atomic E-state index is -4.51. The number of fused-ring (bicyclic) bond motifs is 1. The summed E-state index contributed by atoms with van der Waals surface area (Å²) in [6, 6.07) is 4.67. The van der Waals surface area contributed by atoms with Crippen LogP contribution < -0.4 is 15.8 Å². The maximum atomic E-state index is 12.5. The molecule has 1 heterocycles. The fraction of sp³-hybridized carbons (Fsp3) is 0.412. The Morgan fingerprint density at radius 3 is 2.74 bits per heavy atom. The smallest absolute Gasteiger partial charge is 0.405 e. The van der Waals surface area contributed by atoms with Crippen molar-refractivity contribution in [1.82, 2.24) is 10.2 Å². The summed E-state index contributed by atoms with van der Waals surface area (Å²) in [6.07, 6.45) is -3.72. The highest BCUT2D eigenvalue weighted by atomic mass is 19.4. The lowest BCUT2D eigenvalue weighted by Gasteiger charge is -2.28. The van der Waals surface area contributed by atoms with Gasteiger partial charge in [0.1, 0.15) is 18.9 Å². The van der Waals surface area contributed by atoms with Gasteiger partial charge in [-0.3, -0.25) is 9.59 Å². The summed E-state index contributed by atoms with van der Waals surface area (Å²) in [6.45, 7) is -1.71. The van der Waals surface area contributed by atoms with Gasteiger partial charge in [-0.05, 0) is 30.2 Å². The van der Waals surface area contributed by atoms with Gasteiger partial charge in [-0.2, -0.15) is 13.2 Å². The molecule has 1 aromatic carbocycles. The first-order valence-electron chi connectivity index (χ1n) is 8.10. The van der Waals surface area contributed by atoms with Crippen LogP contribution in [-0.2, 0) is 11.2 Å². The molecule has 148 valence electrons. The first-order chi connectivity index (χ1) is 12.7. The maximum Gasteiger partial charge on any atom is 0.405 e. The predicted octanol–water partition coefficient (Wildman–Crippen LogP) is 1.55. The van der Waals surface area contributed by atoms with Gasteiger partial charge in [0.05, 0.1) is 12.9 Å². The molecule has 1 aliphatic rings. The Bertz CT molecular complexity index is 735. The Balaban J connectivity index is 1.98. The number of nitrogens with zero attached hydrogens (tertiary/aromatic N) is 1. The number of ether oxygens (including phenoxy) is 1. The third-order valence-electron chi connectivity index (χ3n) is 3.91. The number of alkyl halides is 3. The summed E-state index contributed by atoms with van der Waals surface area (Å²) in [5, 5.41) is 1.74. The lowest BCUT2D eigenvalue weighted by molar-refractivity contribution is -0.138. The molecule has 0 fully saturated rings. The normalized spacial score (nSPS) is 14.8. The number of hydrogen-bond acceptors (Lipinski definition) is 4. The van der Waals surface area contributed by atoms with Crippen molar-refractivity contribution in [3.63, 3.8) is 0 Å². The molecule has 0 aromatic heterocycles. The van der Waals surface area contributed by atoms with E-state index >= 15 is 0 Å². The van der Waals surface area contributed by atoms with Gasteiger partial charge in [0.2, 0.25) is 5.91 Å². The number of amides is 2. The summed E-state index contributed by atoms with van der Waals surface area (Å²) in [7, 11) is 0. The van der Waals surface area contributed by atoms with Gasteiger partial charge in [-0.25, -0.2) is 4.39 Å². The average Bonchev–Trinajstić information content (AvgIpc) is 2.62. The Morgan fingerprint density at radius 1 is 1.37 bits per heavy atom. The van der Waals surface area contributed by atoms with E-state index in [4.69, 9.17) is 10.5 Å². The van der Waals surface area contributed by atoms with E-state index in [1.54, 1.807) is 11.4 Å². The molecule has 1 aliphatic heterocycles. The molecule has 0 radical (unpaired) electrons. The monoisotopic (exact) mass is 389 g/mol. The zero-order valence-electron chi connectivity index (χ0n) is 14.3. The summed E-state index contributed by atoms with van der Waals surface area (Å²) >= 11 is 0. The van der Waals surface area contributed by atoms with Gasteiger partial charge in [0, 0.05) is 24.2 Å². The van der Waals surface area contributed by atoms with Crippen LogP contribution in [0.1, 0.15) is 15.9 Å². The number of nitrogens with two attached hydrogens (primary N) is 1. The Labute approximate surface area is 152 Å². The predicted molar refractivity (Wildman–Crippen MR) is 88.9 cm³/mol. The van der Waals surface area contributed by atoms with Crippen LogP contribution in [0.2, 0.25) is 0 Å². The molecule has 2 rings (SSSR count). The van der Waals surface area contributed by atoms with E-state index in [1.807, 2.05) is 0 Å². The molecule has 10 heteroatoms. The van der Waals surface area contributed by atoms with E-state index in [0.717, 1.165) is 0 Å². The van der Waals surface area contributed by atoms with Crippen molar-refractivity contribution in [2.75, 3.05) is 32.8 Å². The first-order valence-corrected chi connectivity index (χ1v) is 8.10. The van der Waals surface area contributed by atoms with E-state index in [2.05, 4.69) is 0 Å². The number of hydrogen-bond donors (Lipinski definition) is 2. The summed E-state index contributed by atoms with van der Waals surface area (Å²) < 4.78 is 54.3. The van der Waals surface area contributed by atoms with Gasteiger partial charge in [0.25, 0.3) is 5.91 Å². The molecule has 6 nitrogen and oxygen atoms in total. The van der Waals surface area contributed by atoms with Crippen molar-refractivity contribution >= 4 is 11.8 Å². The zero-order valence-corrected chi connectivity index (χ0v) is 14.3. The second kappa shape index (κ2) is 8.85. The topological polar surface area (TPSA) is 84.7 Å². The molecule has 0 atom stereocenters. The molecule has 1 aromatic rings. The lowest BCUT2D eigenvalue weighted by atomic mass is 9.98. The van der Waals surface area contributed by atoms with Crippen molar-refractivity contribution < 1.29 is 31.9 Å². The van der Waals surface area contributed by atoms with Gasteiger partial charge < -0.3 is 20.7 Å². The van der Waals surface area contributed by atoms with E-state index in [1.165, 1.54) is 17.0 Å². The van der Waals surface area contributed by atoms with Crippen LogP contribution in [0, 0.1) is 0 Å². The quantitative estimate of drug-likeness (QED) is 0.693. The van der Waals surface area contributed by atoms with Crippen LogP contribution in [0.15, 0.2) is 30.1 Å². The highest BCUT2D eigenvalue weighted by Gasteiger charge is 2.30. The molecule has 0 bridgehead atoms. The lowest BCUT2D eigenvalue weighted by Crippen LogP contribution is -2.45. The average molecular weight is 389 g/mol. The minimum absolute atomic E-state index is 0.0191. The van der Waals surface area contributed by atoms with Gasteiger partial charge in [0.15, 0.2) is 0 Å². The number of halogens is 4. The molecule has 0 aliphatic carbocycles. The zero-order chi connectivity index (χ0) is 20.0. The van der Waals surface area contributed by atoms with Crippen molar-refractivity contribution in [1.29, 1.82) is 0 Å². The number of carbonyl (C=O) groups is 2. The number of benzene rings is 1. The van der Waals surface area contributed by atoms with Gasteiger partial charge in [-0.15, -0.1) is 0 Å². The standard InChI is InChI=1S/C17H19F4N3O3/c18-6-11(7-22)9-27-13-1-2-14-12(5-13)3-4-24(16(14)26)8-15(25)23-10-17(19,20)21/h1-2,5-6H,3-4,7-10,22H2,(H,23,25)/b11-6+. The highest BCUT2D eigenvalue weighted by molar-refractivity contribution is 5.98. The van der Waals surface area contributed by atoms with Crippen molar-refractivity contribution in [3.05, 3.63) is 41.2 Å². The highest BCUT2D eigenvalue weighted by Crippen LogP contribution is 2.24. The molecule has 27 heavy (non-hydrogen) atoms. The minimum Gasteiger partial charge on any atom is -0.489 e. The first kappa shape index (κ1) is 20.7. The van der Waals surface area contributed by atoms with E-state index in [9.17, 15) is 27.2 Å². The van der Waals surface area contributed by atoms with Crippen LogP contribution in [-0.4, -0.2) is 55.7 Å². The third kappa shape index (κ3) is 5.95. The van der Waals surface area contributed by atoms with Gasteiger partial charge >= 0.3 is 6.18 Å². The van der Waals surface area contributed by atoms with Crippen LogP contribution in [0.4, 0.5) is 17.6 Å². The van der Waals surface area contributed by atoms with Crippen molar-refractivity contribution in [2.24, 2.45) is 5.73 Å². The molecule has 2 amide bonds. The Hall–Kier alpha value is -2.62. The second-order valence-corrected chi connectivity index (χ2v) is 5.95. The van der Waals surface area contributed by atoms with E-state index < -0.39 is 31.1 Å². The summed E-state index contributed by atoms with van der Waals surface area (Å²) in [4.78, 5) is 25.2. The fourth-order valence-corrected chi connectivity index (χ4v) is 2.49. The SMILES string of the molecule is NC/C(=C\F)COc1ccc2c(c1)CCN(CC(=O)NCC(F)(F)F)C2=O. The number of nitrogens with one attached hydrogen (secondary N) is 1. The largest absolute Gasteiger partial charge is 0.489 e. The molecule has 3 N–H and O–H groups in total. The molecule has 0 saturated carbocycles. The molecular weight excluding hydrogens is 370 g/mol. The summed E-state index contributed by atoms with van der Waals surface area (Å²) in [5.41, 5.74) is 6.65. The number of rotatable bonds is 7. The fourth-order valence-electron chi connectivity index (χ4n) is 2.49. The van der Waals surface area contributed by atoms with Crippen LogP contribution >= 0.6 is 0 Å². The van der Waals surface area contributed by atoms with Crippen LogP contribution in [0.25, 0.3) is 0 Å². The van der Waals surface area contributed by atoms with Crippen molar-refractivity contribution in [2.45, 2.75) is 12.6 Å². The summed E-state index contributed by atoms with van der Waals surface area (Å²) in [5.74, 6) is -0.890. The molecule has 0 spiro atoms. The molecular formula is C17H19F4N3O3. The van der Waals surface area contributed by atoms with Crippen LogP contribution in [0.3, 0.4) is 0 Å².